The fourth-order valence-electron chi connectivity index (χ4n) is 1.55. The quantitative estimate of drug-likeness (QED) is 0.923. The van der Waals surface area contributed by atoms with E-state index in [2.05, 4.69) is 37.4 Å². The number of nitriles is 1. The number of anilines is 2. The van der Waals surface area contributed by atoms with Crippen LogP contribution in [0.25, 0.3) is 0 Å². The fraction of sp³-hybridized carbons (Fsp3) is 0.182. The van der Waals surface area contributed by atoms with Gasteiger partial charge < -0.3 is 5.32 Å². The number of pyridine rings is 1. The highest BCUT2D eigenvalue weighted by atomic mass is 79.9. The second-order valence-corrected chi connectivity index (χ2v) is 4.48. The van der Waals surface area contributed by atoms with E-state index in [-0.39, 0.29) is 0 Å². The molecule has 5 nitrogen and oxygen atoms in total. The molecule has 2 rings (SSSR count). The van der Waals surface area contributed by atoms with Crippen LogP contribution in [0.2, 0.25) is 0 Å². The molecule has 0 amide bonds. The molecule has 2 aromatic heterocycles. The van der Waals surface area contributed by atoms with Crippen molar-refractivity contribution in [2.45, 2.75) is 6.92 Å². The van der Waals surface area contributed by atoms with E-state index in [4.69, 9.17) is 5.26 Å². The lowest BCUT2D eigenvalue weighted by Gasteiger charge is -2.06. The van der Waals surface area contributed by atoms with Crippen molar-refractivity contribution in [3.63, 3.8) is 0 Å². The van der Waals surface area contributed by atoms with E-state index in [0.29, 0.717) is 17.1 Å². The summed E-state index contributed by atoms with van der Waals surface area (Å²) >= 11 is 3.34. The number of aryl methyl sites for hydroxylation is 2. The third-order valence-corrected chi connectivity index (χ3v) is 2.74. The topological polar surface area (TPSA) is 66.5 Å². The maximum atomic E-state index is 9.08. The lowest BCUT2D eigenvalue weighted by Crippen LogP contribution is -2.00. The molecule has 0 unspecified atom stereocenters. The van der Waals surface area contributed by atoms with E-state index in [1.165, 1.54) is 0 Å². The third-order valence-electron chi connectivity index (χ3n) is 2.30. The standard InChI is InChI=1S/C11H10BrN5/c1-7-10(4-13)11(17(2)16-7)15-9-3-8(12)5-14-6-9/h3,5-6,15H,1-2H3. The van der Waals surface area contributed by atoms with Gasteiger partial charge in [0.25, 0.3) is 0 Å². The predicted molar refractivity (Wildman–Crippen MR) is 67.9 cm³/mol. The van der Waals surface area contributed by atoms with Crippen LogP contribution in [-0.2, 0) is 7.05 Å². The Bertz CT molecular complexity index is 596. The Kier molecular flexibility index (Phi) is 3.11. The number of hydrogen-bond acceptors (Lipinski definition) is 4. The zero-order valence-corrected chi connectivity index (χ0v) is 11.0. The third kappa shape index (κ3) is 2.29. The van der Waals surface area contributed by atoms with Crippen LogP contribution in [0.3, 0.4) is 0 Å². The van der Waals surface area contributed by atoms with Crippen LogP contribution in [-0.4, -0.2) is 14.8 Å². The first-order valence-electron chi connectivity index (χ1n) is 4.93. The Morgan fingerprint density at radius 2 is 2.24 bits per heavy atom. The summed E-state index contributed by atoms with van der Waals surface area (Å²) in [7, 11) is 1.79. The summed E-state index contributed by atoms with van der Waals surface area (Å²) in [4.78, 5) is 4.05. The van der Waals surface area contributed by atoms with Gasteiger partial charge in [-0.2, -0.15) is 10.4 Å². The second kappa shape index (κ2) is 4.55. The number of nitrogens with one attached hydrogen (secondary N) is 1. The summed E-state index contributed by atoms with van der Waals surface area (Å²) in [5.41, 5.74) is 2.06. The molecular weight excluding hydrogens is 282 g/mol. The molecule has 2 heterocycles. The van der Waals surface area contributed by atoms with E-state index >= 15 is 0 Å². The van der Waals surface area contributed by atoms with E-state index in [9.17, 15) is 0 Å². The van der Waals surface area contributed by atoms with Crippen LogP contribution in [0.15, 0.2) is 22.9 Å². The second-order valence-electron chi connectivity index (χ2n) is 3.56. The number of aromatic nitrogens is 3. The molecule has 0 saturated carbocycles. The first-order valence-corrected chi connectivity index (χ1v) is 5.72. The van der Waals surface area contributed by atoms with Crippen LogP contribution in [0.4, 0.5) is 11.5 Å². The van der Waals surface area contributed by atoms with E-state index in [1.807, 2.05) is 13.0 Å². The number of halogens is 1. The predicted octanol–water partition coefficient (Wildman–Crippen LogP) is 2.50. The van der Waals surface area contributed by atoms with Gasteiger partial charge in [0.05, 0.1) is 17.6 Å². The van der Waals surface area contributed by atoms with Crippen LogP contribution >= 0.6 is 15.9 Å². The zero-order valence-electron chi connectivity index (χ0n) is 9.40. The van der Waals surface area contributed by atoms with Crippen molar-refractivity contribution in [1.29, 1.82) is 5.26 Å². The molecule has 0 aliphatic carbocycles. The smallest absolute Gasteiger partial charge is 0.146 e. The van der Waals surface area contributed by atoms with Crippen LogP contribution in [0.5, 0.6) is 0 Å². The molecule has 0 aliphatic rings. The normalized spacial score (nSPS) is 10.0. The van der Waals surface area contributed by atoms with Gasteiger partial charge in [-0.05, 0) is 28.9 Å². The van der Waals surface area contributed by atoms with Crippen LogP contribution in [0.1, 0.15) is 11.3 Å². The molecule has 17 heavy (non-hydrogen) atoms. The first-order chi connectivity index (χ1) is 8.11. The Balaban J connectivity index is 2.40. The summed E-state index contributed by atoms with van der Waals surface area (Å²) in [6.45, 7) is 1.81. The van der Waals surface area contributed by atoms with E-state index in [1.54, 1.807) is 24.1 Å². The Hall–Kier alpha value is -1.87. The van der Waals surface area contributed by atoms with Gasteiger partial charge in [0, 0.05) is 17.7 Å². The number of rotatable bonds is 2. The van der Waals surface area contributed by atoms with E-state index in [0.717, 1.165) is 10.2 Å². The minimum Gasteiger partial charge on any atom is -0.338 e. The monoisotopic (exact) mass is 291 g/mol. The maximum absolute atomic E-state index is 9.08. The average Bonchev–Trinajstić information content (AvgIpc) is 2.53. The molecule has 0 radical (unpaired) electrons. The molecule has 6 heteroatoms. The SMILES string of the molecule is Cc1nn(C)c(Nc2cncc(Br)c2)c1C#N. The van der Waals surface area contributed by atoms with Crippen molar-refractivity contribution in [2.75, 3.05) is 5.32 Å². The minimum atomic E-state index is 0.549. The highest BCUT2D eigenvalue weighted by Crippen LogP contribution is 2.23. The molecule has 0 aromatic carbocycles. The number of hydrogen-bond donors (Lipinski definition) is 1. The molecule has 0 bridgehead atoms. The first kappa shape index (κ1) is 11.6. The molecule has 0 spiro atoms. The number of nitrogens with zero attached hydrogens (tertiary/aromatic N) is 4. The van der Waals surface area contributed by atoms with Gasteiger partial charge in [-0.1, -0.05) is 0 Å². The maximum Gasteiger partial charge on any atom is 0.146 e. The lowest BCUT2D eigenvalue weighted by atomic mass is 10.2. The van der Waals surface area contributed by atoms with Crippen LogP contribution < -0.4 is 5.32 Å². The largest absolute Gasteiger partial charge is 0.338 e. The molecule has 86 valence electrons. The van der Waals surface area contributed by atoms with Crippen molar-refractivity contribution in [2.24, 2.45) is 7.05 Å². The summed E-state index contributed by atoms with van der Waals surface area (Å²) in [6, 6.07) is 4.03. The van der Waals surface area contributed by atoms with Crippen molar-refractivity contribution in [3.05, 3.63) is 34.2 Å². The van der Waals surface area contributed by atoms with Gasteiger partial charge in [0.2, 0.25) is 0 Å². The molecule has 1 N–H and O–H groups in total. The van der Waals surface area contributed by atoms with Crippen LogP contribution in [0, 0.1) is 18.3 Å². The Morgan fingerprint density at radius 3 is 2.88 bits per heavy atom. The molecule has 0 fully saturated rings. The van der Waals surface area contributed by atoms with Gasteiger partial charge in [-0.15, -0.1) is 0 Å². The summed E-state index contributed by atoms with van der Waals surface area (Å²) in [5.74, 6) is 0.671. The van der Waals surface area contributed by atoms with Crippen molar-refractivity contribution in [1.82, 2.24) is 14.8 Å². The van der Waals surface area contributed by atoms with Crippen molar-refractivity contribution >= 4 is 27.4 Å². The van der Waals surface area contributed by atoms with Gasteiger partial charge in [-0.3, -0.25) is 9.67 Å². The molecule has 2 aromatic rings. The summed E-state index contributed by atoms with van der Waals surface area (Å²) in [6.07, 6.45) is 3.39. The lowest BCUT2D eigenvalue weighted by molar-refractivity contribution is 0.765. The Morgan fingerprint density at radius 1 is 1.47 bits per heavy atom. The summed E-state index contributed by atoms with van der Waals surface area (Å²) < 4.78 is 2.52. The highest BCUT2D eigenvalue weighted by Gasteiger charge is 2.12. The average molecular weight is 292 g/mol. The van der Waals surface area contributed by atoms with Gasteiger partial charge in [0.1, 0.15) is 17.5 Å². The molecule has 0 saturated heterocycles. The van der Waals surface area contributed by atoms with Crippen molar-refractivity contribution in [3.8, 4) is 6.07 Å². The molecular formula is C11H10BrN5. The van der Waals surface area contributed by atoms with Gasteiger partial charge >= 0.3 is 0 Å². The zero-order chi connectivity index (χ0) is 12.4. The molecule has 0 atom stereocenters. The van der Waals surface area contributed by atoms with E-state index < -0.39 is 0 Å². The molecule has 0 aliphatic heterocycles. The minimum absolute atomic E-state index is 0.549. The summed E-state index contributed by atoms with van der Waals surface area (Å²) in [5, 5.41) is 16.4. The van der Waals surface area contributed by atoms with Crippen molar-refractivity contribution < 1.29 is 0 Å². The van der Waals surface area contributed by atoms with Gasteiger partial charge in [0.15, 0.2) is 0 Å². The highest BCUT2D eigenvalue weighted by molar-refractivity contribution is 9.10. The fourth-order valence-corrected chi connectivity index (χ4v) is 1.92. The Labute approximate surface area is 107 Å². The van der Waals surface area contributed by atoms with Gasteiger partial charge in [-0.25, -0.2) is 0 Å².